The maximum Gasteiger partial charge on any atom is 0.217 e. The van der Waals surface area contributed by atoms with Gasteiger partial charge in [-0.15, -0.1) is 5.10 Å². The predicted molar refractivity (Wildman–Crippen MR) is 99.2 cm³/mol. The van der Waals surface area contributed by atoms with Crippen molar-refractivity contribution < 1.29 is 14.3 Å². The van der Waals surface area contributed by atoms with Gasteiger partial charge in [0.2, 0.25) is 5.82 Å². The van der Waals surface area contributed by atoms with Crippen LogP contribution in [0.3, 0.4) is 0 Å². The lowest BCUT2D eigenvalue weighted by Gasteiger charge is -2.10. The van der Waals surface area contributed by atoms with Crippen molar-refractivity contribution in [1.29, 1.82) is 0 Å². The van der Waals surface area contributed by atoms with Crippen molar-refractivity contribution in [1.82, 2.24) is 14.8 Å². The van der Waals surface area contributed by atoms with Crippen molar-refractivity contribution in [2.24, 2.45) is 0 Å². The van der Waals surface area contributed by atoms with E-state index < -0.39 is 6.10 Å². The van der Waals surface area contributed by atoms with Gasteiger partial charge in [0, 0.05) is 6.42 Å². The molecule has 1 unspecified atom stereocenters. The van der Waals surface area contributed by atoms with Gasteiger partial charge in [-0.1, -0.05) is 19.1 Å². The van der Waals surface area contributed by atoms with Crippen LogP contribution in [-0.4, -0.2) is 33.1 Å². The van der Waals surface area contributed by atoms with E-state index in [0.717, 1.165) is 30.2 Å². The Morgan fingerprint density at radius 3 is 2.77 bits per heavy atom. The van der Waals surface area contributed by atoms with Crippen LogP contribution in [0.15, 0.2) is 40.8 Å². The molecule has 0 radical (unpaired) electrons. The van der Waals surface area contributed by atoms with Crippen LogP contribution in [0.25, 0.3) is 11.6 Å². The zero-order valence-corrected chi connectivity index (χ0v) is 15.5. The van der Waals surface area contributed by atoms with Gasteiger partial charge in [0.1, 0.15) is 17.3 Å². The van der Waals surface area contributed by atoms with Gasteiger partial charge in [-0.3, -0.25) is 0 Å². The summed E-state index contributed by atoms with van der Waals surface area (Å²) in [6, 6.07) is 11.8. The Balaban J connectivity index is 1.82. The van der Waals surface area contributed by atoms with E-state index in [2.05, 4.69) is 16.1 Å². The fraction of sp³-hybridized carbons (Fsp3) is 0.400. The van der Waals surface area contributed by atoms with Crippen LogP contribution < -0.4 is 4.74 Å². The van der Waals surface area contributed by atoms with Crippen LogP contribution >= 0.6 is 0 Å². The molecule has 0 aliphatic carbocycles. The van der Waals surface area contributed by atoms with Crippen molar-refractivity contribution in [2.75, 3.05) is 7.11 Å². The van der Waals surface area contributed by atoms with Crippen LogP contribution in [0.4, 0.5) is 0 Å². The summed E-state index contributed by atoms with van der Waals surface area (Å²) in [5.41, 5.74) is 1.17. The number of furan rings is 1. The number of hydrogen-bond donors (Lipinski definition) is 1. The summed E-state index contributed by atoms with van der Waals surface area (Å²) in [5, 5.41) is 14.6. The number of aryl methyl sites for hydroxylation is 3. The molecule has 0 amide bonds. The number of aliphatic hydroxyl groups is 1. The van der Waals surface area contributed by atoms with Crippen LogP contribution in [0.1, 0.15) is 30.5 Å². The Bertz CT molecular complexity index is 854. The first-order valence-electron chi connectivity index (χ1n) is 8.90. The first-order chi connectivity index (χ1) is 12.6. The lowest BCUT2D eigenvalue weighted by molar-refractivity contribution is 0.144. The molecule has 1 atom stereocenters. The highest BCUT2D eigenvalue weighted by molar-refractivity contribution is 5.46. The Morgan fingerprint density at radius 1 is 1.23 bits per heavy atom. The number of nitrogens with zero attached hydrogens (tertiary/aromatic N) is 3. The number of ether oxygens (including phenoxy) is 1. The van der Waals surface area contributed by atoms with Crippen molar-refractivity contribution in [2.45, 2.75) is 45.8 Å². The van der Waals surface area contributed by atoms with Crippen molar-refractivity contribution in [3.63, 3.8) is 0 Å². The maximum absolute atomic E-state index is 10.0. The maximum atomic E-state index is 10.0. The molecule has 2 heterocycles. The second-order valence-corrected chi connectivity index (χ2v) is 6.36. The number of aliphatic hydroxyl groups excluding tert-OH is 1. The Labute approximate surface area is 153 Å². The molecule has 0 spiro atoms. The van der Waals surface area contributed by atoms with E-state index >= 15 is 0 Å². The monoisotopic (exact) mass is 355 g/mol. The van der Waals surface area contributed by atoms with Crippen LogP contribution in [0.5, 0.6) is 5.75 Å². The molecule has 26 heavy (non-hydrogen) atoms. The zero-order valence-electron chi connectivity index (χ0n) is 15.5. The first-order valence-corrected chi connectivity index (χ1v) is 8.90. The van der Waals surface area contributed by atoms with Gasteiger partial charge in [-0.2, -0.15) is 0 Å². The highest BCUT2D eigenvalue weighted by atomic mass is 16.5. The van der Waals surface area contributed by atoms with Gasteiger partial charge >= 0.3 is 0 Å². The number of rotatable bonds is 8. The van der Waals surface area contributed by atoms with E-state index in [-0.39, 0.29) is 0 Å². The molecule has 2 aromatic heterocycles. The Morgan fingerprint density at radius 2 is 2.08 bits per heavy atom. The van der Waals surface area contributed by atoms with Crippen molar-refractivity contribution in [3.8, 4) is 17.3 Å². The molecular formula is C20H25N3O3. The van der Waals surface area contributed by atoms with E-state index in [1.807, 2.05) is 44.2 Å². The summed E-state index contributed by atoms with van der Waals surface area (Å²) in [6.07, 6.45) is 1.76. The Kier molecular flexibility index (Phi) is 5.73. The molecule has 0 saturated carbocycles. The van der Waals surface area contributed by atoms with Gasteiger partial charge in [-0.05, 0) is 49.6 Å². The summed E-state index contributed by atoms with van der Waals surface area (Å²) in [4.78, 5) is 4.65. The minimum atomic E-state index is -0.446. The molecule has 138 valence electrons. The third-order valence-electron chi connectivity index (χ3n) is 4.34. The van der Waals surface area contributed by atoms with Gasteiger partial charge in [-0.25, -0.2) is 9.67 Å². The average Bonchev–Trinajstić information content (AvgIpc) is 3.26. The van der Waals surface area contributed by atoms with Crippen molar-refractivity contribution >= 4 is 0 Å². The number of aromatic nitrogens is 3. The number of hydrogen-bond acceptors (Lipinski definition) is 5. The predicted octanol–water partition coefficient (Wildman–Crippen LogP) is 3.41. The molecular weight excluding hydrogens is 330 g/mol. The zero-order chi connectivity index (χ0) is 18.5. The molecule has 0 aliphatic rings. The average molecular weight is 355 g/mol. The highest BCUT2D eigenvalue weighted by Crippen LogP contribution is 2.20. The van der Waals surface area contributed by atoms with Crippen molar-refractivity contribution in [3.05, 3.63) is 53.5 Å². The molecule has 6 heteroatoms. The topological polar surface area (TPSA) is 73.3 Å². The normalized spacial score (nSPS) is 12.3. The van der Waals surface area contributed by atoms with E-state index in [1.54, 1.807) is 11.8 Å². The number of methoxy groups -OCH3 is 1. The largest absolute Gasteiger partial charge is 0.497 e. The second-order valence-electron chi connectivity index (χ2n) is 6.36. The SMILES string of the molecule is CCC(O)Cn1nc(-c2ccc(C)o2)nc1CCc1cccc(OC)c1. The molecule has 3 aromatic rings. The standard InChI is InChI=1S/C20H25N3O3/c1-4-16(24)13-23-19(11-9-15-6-5-7-17(12-15)25-3)21-20(22-23)18-10-8-14(2)26-18/h5-8,10,12,16,24H,4,9,11,13H2,1-3H3. The van der Waals surface area contributed by atoms with E-state index in [1.165, 1.54) is 5.56 Å². The van der Waals surface area contributed by atoms with E-state index in [0.29, 0.717) is 24.6 Å². The third kappa shape index (κ3) is 4.32. The smallest absolute Gasteiger partial charge is 0.217 e. The summed E-state index contributed by atoms with van der Waals surface area (Å²) >= 11 is 0. The number of benzene rings is 1. The fourth-order valence-corrected chi connectivity index (χ4v) is 2.78. The van der Waals surface area contributed by atoms with E-state index in [9.17, 15) is 5.11 Å². The summed E-state index contributed by atoms with van der Waals surface area (Å²) in [6.45, 7) is 4.27. The Hall–Kier alpha value is -2.60. The van der Waals surface area contributed by atoms with Crippen LogP contribution in [0, 0.1) is 6.92 Å². The quantitative estimate of drug-likeness (QED) is 0.670. The summed E-state index contributed by atoms with van der Waals surface area (Å²) in [7, 11) is 1.67. The van der Waals surface area contributed by atoms with E-state index in [4.69, 9.17) is 9.15 Å². The first kappa shape index (κ1) is 18.2. The molecule has 1 N–H and O–H groups in total. The second kappa shape index (κ2) is 8.19. The molecule has 3 rings (SSSR count). The molecule has 6 nitrogen and oxygen atoms in total. The van der Waals surface area contributed by atoms with Crippen LogP contribution in [-0.2, 0) is 19.4 Å². The lowest BCUT2D eigenvalue weighted by Crippen LogP contribution is -2.18. The minimum absolute atomic E-state index is 0.427. The third-order valence-corrected chi connectivity index (χ3v) is 4.34. The molecule has 0 fully saturated rings. The highest BCUT2D eigenvalue weighted by Gasteiger charge is 2.16. The summed E-state index contributed by atoms with van der Waals surface area (Å²) in [5.74, 6) is 3.71. The van der Waals surface area contributed by atoms with Gasteiger partial charge in [0.05, 0.1) is 19.8 Å². The fourth-order valence-electron chi connectivity index (χ4n) is 2.78. The minimum Gasteiger partial charge on any atom is -0.497 e. The molecule has 0 bridgehead atoms. The molecule has 0 saturated heterocycles. The van der Waals surface area contributed by atoms with Crippen LogP contribution in [0.2, 0.25) is 0 Å². The summed E-state index contributed by atoms with van der Waals surface area (Å²) < 4.78 is 12.7. The molecule has 0 aliphatic heterocycles. The van der Waals surface area contributed by atoms with Gasteiger partial charge < -0.3 is 14.3 Å². The van der Waals surface area contributed by atoms with Gasteiger partial charge in [0.15, 0.2) is 5.76 Å². The molecule has 1 aromatic carbocycles. The van der Waals surface area contributed by atoms with Gasteiger partial charge in [0.25, 0.3) is 0 Å². The lowest BCUT2D eigenvalue weighted by atomic mass is 10.1.